The van der Waals surface area contributed by atoms with E-state index in [0.29, 0.717) is 6.04 Å². The number of thioether (sulfide) groups is 2. The van der Waals surface area contributed by atoms with E-state index in [2.05, 4.69) is 36.7 Å². The van der Waals surface area contributed by atoms with Crippen LogP contribution in [0.3, 0.4) is 0 Å². The van der Waals surface area contributed by atoms with Crippen LogP contribution in [0, 0.1) is 0 Å². The van der Waals surface area contributed by atoms with Gasteiger partial charge in [-0.15, -0.1) is 0 Å². The van der Waals surface area contributed by atoms with Gasteiger partial charge in [-0.3, -0.25) is 4.90 Å². The standard InChI is InChI=1S/C14H34N4S2.CH4S/c1-3-7-18(8-12-20-10-5-16)14(2)13-17-6-11-19-9-4-15;1-2/h14,17H,3-13,15-16H2,1-2H3;2H,1H3. The van der Waals surface area contributed by atoms with E-state index in [9.17, 15) is 0 Å². The van der Waals surface area contributed by atoms with Gasteiger partial charge in [0.1, 0.15) is 0 Å². The number of hydrogen-bond donors (Lipinski definition) is 4. The van der Waals surface area contributed by atoms with E-state index in [1.807, 2.05) is 23.5 Å². The van der Waals surface area contributed by atoms with Gasteiger partial charge in [-0.2, -0.15) is 36.2 Å². The van der Waals surface area contributed by atoms with Crippen LogP contribution >= 0.6 is 36.2 Å². The van der Waals surface area contributed by atoms with Crippen LogP contribution in [0.2, 0.25) is 0 Å². The van der Waals surface area contributed by atoms with Gasteiger partial charge in [0.2, 0.25) is 0 Å². The molecule has 0 aromatic heterocycles. The number of nitrogens with one attached hydrogen (secondary N) is 1. The first kappa shape index (κ1) is 25.1. The highest BCUT2D eigenvalue weighted by Crippen LogP contribution is 2.05. The van der Waals surface area contributed by atoms with Crippen LogP contribution in [-0.4, -0.2) is 79.5 Å². The third-order valence-electron chi connectivity index (χ3n) is 3.04. The first-order chi connectivity index (χ1) is 10.8. The van der Waals surface area contributed by atoms with Crippen molar-refractivity contribution in [2.24, 2.45) is 11.5 Å². The normalized spacial score (nSPS) is 12.1. The zero-order valence-corrected chi connectivity index (χ0v) is 17.2. The van der Waals surface area contributed by atoms with Crippen molar-refractivity contribution in [2.45, 2.75) is 26.3 Å². The lowest BCUT2D eigenvalue weighted by Crippen LogP contribution is -2.42. The molecule has 0 aliphatic heterocycles. The Hall–Kier alpha value is 0.890. The second-order valence-corrected chi connectivity index (χ2v) is 7.34. The maximum atomic E-state index is 5.53. The zero-order chi connectivity index (χ0) is 17.1. The topological polar surface area (TPSA) is 67.3 Å². The first-order valence-corrected chi connectivity index (χ1v) is 11.4. The molecule has 4 nitrogen and oxygen atoms in total. The highest BCUT2D eigenvalue weighted by Gasteiger charge is 2.11. The Balaban J connectivity index is 0. The first-order valence-electron chi connectivity index (χ1n) is 8.21. The summed E-state index contributed by atoms with van der Waals surface area (Å²) in [6.07, 6.45) is 2.91. The summed E-state index contributed by atoms with van der Waals surface area (Å²) in [6.45, 7) is 10.7. The molecular weight excluding hydrogens is 332 g/mol. The van der Waals surface area contributed by atoms with Crippen molar-refractivity contribution in [1.82, 2.24) is 10.2 Å². The minimum Gasteiger partial charge on any atom is -0.330 e. The average molecular weight is 371 g/mol. The number of rotatable bonds is 15. The van der Waals surface area contributed by atoms with Crippen molar-refractivity contribution in [3.8, 4) is 0 Å². The highest BCUT2D eigenvalue weighted by atomic mass is 32.2. The van der Waals surface area contributed by atoms with Gasteiger partial charge >= 0.3 is 0 Å². The van der Waals surface area contributed by atoms with Gasteiger partial charge in [-0.1, -0.05) is 6.92 Å². The quantitative estimate of drug-likeness (QED) is 0.259. The van der Waals surface area contributed by atoms with Crippen molar-refractivity contribution in [2.75, 3.05) is 68.5 Å². The van der Waals surface area contributed by atoms with Crippen molar-refractivity contribution in [3.05, 3.63) is 0 Å². The molecule has 22 heavy (non-hydrogen) atoms. The van der Waals surface area contributed by atoms with E-state index in [-0.39, 0.29) is 0 Å². The van der Waals surface area contributed by atoms with E-state index in [1.165, 1.54) is 25.3 Å². The molecule has 136 valence electrons. The molecule has 0 aliphatic carbocycles. The Labute approximate surface area is 152 Å². The van der Waals surface area contributed by atoms with Crippen LogP contribution in [-0.2, 0) is 0 Å². The Morgan fingerprint density at radius 3 is 2.14 bits per heavy atom. The lowest BCUT2D eigenvalue weighted by Gasteiger charge is -2.29. The van der Waals surface area contributed by atoms with Crippen molar-refractivity contribution in [3.63, 3.8) is 0 Å². The molecule has 0 aromatic rings. The molecule has 0 saturated heterocycles. The second-order valence-electron chi connectivity index (χ2n) is 4.89. The fourth-order valence-corrected chi connectivity index (χ4v) is 3.37. The van der Waals surface area contributed by atoms with Gasteiger partial charge in [0.25, 0.3) is 0 Å². The average Bonchev–Trinajstić information content (AvgIpc) is 2.55. The van der Waals surface area contributed by atoms with Gasteiger partial charge in [-0.25, -0.2) is 0 Å². The summed E-state index contributed by atoms with van der Waals surface area (Å²) in [7, 11) is 0. The molecule has 0 spiro atoms. The number of nitrogens with zero attached hydrogens (tertiary/aromatic N) is 1. The predicted octanol–water partition coefficient (Wildman–Crippen LogP) is 1.61. The molecule has 0 aromatic carbocycles. The number of thiol groups is 1. The Morgan fingerprint density at radius 1 is 1.00 bits per heavy atom. The fraction of sp³-hybridized carbons (Fsp3) is 1.00. The summed E-state index contributed by atoms with van der Waals surface area (Å²) < 4.78 is 0. The third kappa shape index (κ3) is 17.2. The highest BCUT2D eigenvalue weighted by molar-refractivity contribution is 7.99. The Bertz CT molecular complexity index is 200. The SMILES string of the molecule is CCCN(CCSCCN)C(C)CNCCSCCN.CS. The van der Waals surface area contributed by atoms with Crippen LogP contribution in [0.4, 0.5) is 0 Å². The van der Waals surface area contributed by atoms with E-state index in [0.717, 1.165) is 43.4 Å². The minimum absolute atomic E-state index is 0.605. The van der Waals surface area contributed by atoms with Crippen molar-refractivity contribution < 1.29 is 0 Å². The molecule has 0 fully saturated rings. The largest absolute Gasteiger partial charge is 0.330 e. The molecule has 0 heterocycles. The molecule has 0 rings (SSSR count). The molecule has 7 heteroatoms. The minimum atomic E-state index is 0.605. The smallest absolute Gasteiger partial charge is 0.0192 e. The third-order valence-corrected chi connectivity index (χ3v) is 5.06. The molecule has 0 amide bonds. The monoisotopic (exact) mass is 370 g/mol. The van der Waals surface area contributed by atoms with E-state index in [4.69, 9.17) is 11.5 Å². The zero-order valence-electron chi connectivity index (χ0n) is 14.7. The lowest BCUT2D eigenvalue weighted by molar-refractivity contribution is 0.218. The Kier molecular flexibility index (Phi) is 25.0. The van der Waals surface area contributed by atoms with Crippen LogP contribution in [0.5, 0.6) is 0 Å². The molecule has 1 unspecified atom stereocenters. The summed E-state index contributed by atoms with van der Waals surface area (Å²) >= 11 is 7.41. The molecule has 0 saturated carbocycles. The summed E-state index contributed by atoms with van der Waals surface area (Å²) in [5.41, 5.74) is 11.0. The lowest BCUT2D eigenvalue weighted by atomic mass is 10.2. The van der Waals surface area contributed by atoms with Gasteiger partial charge < -0.3 is 16.8 Å². The van der Waals surface area contributed by atoms with Crippen LogP contribution in [0.15, 0.2) is 0 Å². The fourth-order valence-electron chi connectivity index (χ4n) is 1.98. The molecule has 1 atom stereocenters. The maximum Gasteiger partial charge on any atom is 0.0192 e. The molecule has 5 N–H and O–H groups in total. The van der Waals surface area contributed by atoms with Crippen LogP contribution < -0.4 is 16.8 Å². The molecule has 0 radical (unpaired) electrons. The number of nitrogens with two attached hydrogens (primary N) is 2. The molecule has 0 bridgehead atoms. The summed E-state index contributed by atoms with van der Waals surface area (Å²) in [5.74, 6) is 4.49. The van der Waals surface area contributed by atoms with Crippen LogP contribution in [0.25, 0.3) is 0 Å². The summed E-state index contributed by atoms with van der Waals surface area (Å²) in [4.78, 5) is 2.59. The van der Waals surface area contributed by atoms with Crippen molar-refractivity contribution >= 4 is 36.2 Å². The van der Waals surface area contributed by atoms with Gasteiger partial charge in [0.15, 0.2) is 0 Å². The number of hydrogen-bond acceptors (Lipinski definition) is 7. The second kappa shape index (κ2) is 21.9. The van der Waals surface area contributed by atoms with E-state index >= 15 is 0 Å². The Morgan fingerprint density at radius 2 is 1.59 bits per heavy atom. The predicted molar refractivity (Wildman–Crippen MR) is 112 cm³/mol. The maximum absolute atomic E-state index is 5.53. The van der Waals surface area contributed by atoms with Crippen molar-refractivity contribution in [1.29, 1.82) is 0 Å². The summed E-state index contributed by atoms with van der Waals surface area (Å²) in [6, 6.07) is 0.605. The van der Waals surface area contributed by atoms with Gasteiger partial charge in [-0.05, 0) is 26.1 Å². The van der Waals surface area contributed by atoms with Gasteiger partial charge in [0.05, 0.1) is 0 Å². The van der Waals surface area contributed by atoms with E-state index in [1.54, 1.807) is 6.26 Å². The van der Waals surface area contributed by atoms with Gasteiger partial charge in [0, 0.05) is 61.8 Å². The molecular formula is C15H38N4S3. The van der Waals surface area contributed by atoms with E-state index < -0.39 is 0 Å². The van der Waals surface area contributed by atoms with Crippen LogP contribution in [0.1, 0.15) is 20.3 Å². The molecule has 0 aliphatic rings. The summed E-state index contributed by atoms with van der Waals surface area (Å²) in [5, 5.41) is 3.55.